The lowest BCUT2D eigenvalue weighted by Crippen LogP contribution is -2.49. The van der Waals surface area contributed by atoms with Crippen molar-refractivity contribution in [3.63, 3.8) is 0 Å². The van der Waals surface area contributed by atoms with Crippen molar-refractivity contribution in [2.75, 3.05) is 18.1 Å². The summed E-state index contributed by atoms with van der Waals surface area (Å²) in [5.74, 6) is 0.790. The van der Waals surface area contributed by atoms with E-state index in [0.29, 0.717) is 42.0 Å². The number of benzene rings is 1. The highest BCUT2D eigenvalue weighted by molar-refractivity contribution is 7.80. The SMILES string of the molecule is CCNC(=S)N(Cc1ccco1)[C@H]1CC(=O)N(c2ccc(OCC)cc2)C1=O. The third-order valence-electron chi connectivity index (χ3n) is 4.40. The molecule has 8 heteroatoms. The third kappa shape index (κ3) is 4.17. The minimum Gasteiger partial charge on any atom is -0.494 e. The summed E-state index contributed by atoms with van der Waals surface area (Å²) in [7, 11) is 0. The van der Waals surface area contributed by atoms with Crippen LogP contribution in [-0.2, 0) is 16.1 Å². The van der Waals surface area contributed by atoms with E-state index in [2.05, 4.69) is 5.32 Å². The van der Waals surface area contributed by atoms with E-state index >= 15 is 0 Å². The van der Waals surface area contributed by atoms with E-state index in [-0.39, 0.29) is 18.2 Å². The maximum atomic E-state index is 13.1. The van der Waals surface area contributed by atoms with E-state index in [1.165, 1.54) is 4.90 Å². The van der Waals surface area contributed by atoms with Gasteiger partial charge in [0.25, 0.3) is 5.91 Å². The fourth-order valence-electron chi connectivity index (χ4n) is 3.14. The van der Waals surface area contributed by atoms with Gasteiger partial charge >= 0.3 is 0 Å². The standard InChI is InChI=1S/C20H23N3O4S/c1-3-21-20(28)22(13-16-6-5-11-27-16)17-12-18(24)23(19(17)25)14-7-9-15(10-8-14)26-4-2/h5-11,17H,3-4,12-13H2,1-2H3,(H,21,28)/t17-/m0/s1. The van der Waals surface area contributed by atoms with Gasteiger partial charge in [0.1, 0.15) is 17.6 Å². The van der Waals surface area contributed by atoms with E-state index < -0.39 is 6.04 Å². The molecule has 1 atom stereocenters. The summed E-state index contributed by atoms with van der Waals surface area (Å²) in [6.07, 6.45) is 1.62. The molecule has 1 fully saturated rings. The van der Waals surface area contributed by atoms with Gasteiger partial charge in [-0.1, -0.05) is 0 Å². The molecule has 0 spiro atoms. The monoisotopic (exact) mass is 401 g/mol. The molecule has 7 nitrogen and oxygen atoms in total. The van der Waals surface area contributed by atoms with Crippen LogP contribution in [0, 0.1) is 0 Å². The van der Waals surface area contributed by atoms with Crippen molar-refractivity contribution in [1.29, 1.82) is 0 Å². The maximum Gasteiger partial charge on any atom is 0.257 e. The largest absolute Gasteiger partial charge is 0.494 e. The molecule has 2 amide bonds. The topological polar surface area (TPSA) is 75.0 Å². The Labute approximate surface area is 169 Å². The smallest absolute Gasteiger partial charge is 0.257 e. The van der Waals surface area contributed by atoms with Gasteiger partial charge < -0.3 is 19.4 Å². The number of carbonyl (C=O) groups is 2. The fraction of sp³-hybridized carbons (Fsp3) is 0.350. The summed E-state index contributed by atoms with van der Waals surface area (Å²) in [6.45, 7) is 5.29. The Morgan fingerprint density at radius 1 is 1.29 bits per heavy atom. The van der Waals surface area contributed by atoms with Crippen LogP contribution in [0.3, 0.4) is 0 Å². The number of furan rings is 1. The molecule has 1 aromatic carbocycles. The van der Waals surface area contributed by atoms with Crippen LogP contribution < -0.4 is 15.0 Å². The Kier molecular flexibility index (Phi) is 6.30. The van der Waals surface area contributed by atoms with E-state index in [4.69, 9.17) is 21.4 Å². The first-order valence-electron chi connectivity index (χ1n) is 9.21. The maximum absolute atomic E-state index is 13.1. The first-order valence-corrected chi connectivity index (χ1v) is 9.62. The average Bonchev–Trinajstić information content (AvgIpc) is 3.29. The van der Waals surface area contributed by atoms with E-state index in [0.717, 1.165) is 0 Å². The number of ether oxygens (including phenoxy) is 1. The second kappa shape index (κ2) is 8.88. The van der Waals surface area contributed by atoms with Gasteiger partial charge in [-0.15, -0.1) is 0 Å². The summed E-state index contributed by atoms with van der Waals surface area (Å²) in [5, 5.41) is 3.48. The predicted octanol–water partition coefficient (Wildman–Crippen LogP) is 2.71. The van der Waals surface area contributed by atoms with Crippen molar-refractivity contribution in [1.82, 2.24) is 10.2 Å². The number of imide groups is 1. The Bertz CT molecular complexity index is 836. The number of nitrogens with one attached hydrogen (secondary N) is 1. The highest BCUT2D eigenvalue weighted by Gasteiger charge is 2.43. The van der Waals surface area contributed by atoms with E-state index in [1.54, 1.807) is 41.5 Å². The molecule has 1 N–H and O–H groups in total. The van der Waals surface area contributed by atoms with Gasteiger partial charge in [-0.05, 0) is 62.5 Å². The van der Waals surface area contributed by atoms with Gasteiger partial charge in [0.05, 0.1) is 31.5 Å². The molecule has 0 radical (unpaired) electrons. The molecule has 1 saturated heterocycles. The van der Waals surface area contributed by atoms with E-state index in [9.17, 15) is 9.59 Å². The van der Waals surface area contributed by atoms with Gasteiger partial charge in [0.15, 0.2) is 5.11 Å². The Hall–Kier alpha value is -2.87. The van der Waals surface area contributed by atoms with Crippen molar-refractivity contribution in [3.8, 4) is 5.75 Å². The molecule has 1 aliphatic heterocycles. The second-order valence-corrected chi connectivity index (χ2v) is 6.64. The number of nitrogens with zero attached hydrogens (tertiary/aromatic N) is 2. The van der Waals surface area contributed by atoms with E-state index in [1.807, 2.05) is 19.9 Å². The molecule has 1 aliphatic rings. The van der Waals surface area contributed by atoms with Crippen LogP contribution in [0.5, 0.6) is 5.75 Å². The molecular formula is C20H23N3O4S. The van der Waals surface area contributed by atoms with Crippen molar-refractivity contribution in [3.05, 3.63) is 48.4 Å². The zero-order chi connectivity index (χ0) is 20.1. The van der Waals surface area contributed by atoms with Crippen LogP contribution in [0.25, 0.3) is 0 Å². The quantitative estimate of drug-likeness (QED) is 0.565. The summed E-state index contributed by atoms with van der Waals surface area (Å²) < 4.78 is 10.8. The lowest BCUT2D eigenvalue weighted by atomic mass is 10.2. The summed E-state index contributed by atoms with van der Waals surface area (Å²) in [5.41, 5.74) is 0.522. The number of amides is 2. The molecule has 0 bridgehead atoms. The van der Waals surface area contributed by atoms with Crippen molar-refractivity contribution < 1.29 is 18.7 Å². The number of hydrogen-bond acceptors (Lipinski definition) is 5. The number of rotatable bonds is 7. The normalized spacial score (nSPS) is 16.4. The first-order chi connectivity index (χ1) is 13.5. The van der Waals surface area contributed by atoms with Crippen LogP contribution in [0.4, 0.5) is 5.69 Å². The zero-order valence-corrected chi connectivity index (χ0v) is 16.7. The fourth-order valence-corrected chi connectivity index (χ4v) is 3.47. The van der Waals surface area contributed by atoms with Gasteiger partial charge in [0, 0.05) is 6.54 Å². The van der Waals surface area contributed by atoms with Crippen LogP contribution >= 0.6 is 12.2 Å². The molecule has 28 heavy (non-hydrogen) atoms. The minimum atomic E-state index is -0.685. The van der Waals surface area contributed by atoms with Gasteiger partial charge in [-0.3, -0.25) is 9.59 Å². The first kappa shape index (κ1) is 19.9. The summed E-state index contributed by atoms with van der Waals surface area (Å²) in [4.78, 5) is 28.7. The molecule has 2 aromatic rings. The molecule has 1 aromatic heterocycles. The van der Waals surface area contributed by atoms with Gasteiger partial charge in [-0.25, -0.2) is 4.90 Å². The Morgan fingerprint density at radius 3 is 2.64 bits per heavy atom. The molecule has 3 rings (SSSR count). The highest BCUT2D eigenvalue weighted by Crippen LogP contribution is 2.28. The van der Waals surface area contributed by atoms with Crippen LogP contribution in [0.15, 0.2) is 47.1 Å². The Morgan fingerprint density at radius 2 is 2.04 bits per heavy atom. The molecular weight excluding hydrogens is 378 g/mol. The van der Waals surface area contributed by atoms with Gasteiger partial charge in [-0.2, -0.15) is 0 Å². The van der Waals surface area contributed by atoms with Crippen molar-refractivity contribution in [2.24, 2.45) is 0 Å². The van der Waals surface area contributed by atoms with Crippen molar-refractivity contribution >= 4 is 34.8 Å². The molecule has 0 unspecified atom stereocenters. The molecule has 148 valence electrons. The molecule has 0 aliphatic carbocycles. The predicted molar refractivity (Wildman–Crippen MR) is 109 cm³/mol. The number of thiocarbonyl (C=S) groups is 1. The lowest BCUT2D eigenvalue weighted by Gasteiger charge is -2.29. The Balaban J connectivity index is 1.83. The number of hydrogen-bond donors (Lipinski definition) is 1. The lowest BCUT2D eigenvalue weighted by molar-refractivity contribution is -0.122. The van der Waals surface area contributed by atoms with Crippen LogP contribution in [0.1, 0.15) is 26.0 Å². The summed E-state index contributed by atoms with van der Waals surface area (Å²) in [6, 6.07) is 9.82. The number of anilines is 1. The summed E-state index contributed by atoms with van der Waals surface area (Å²) >= 11 is 5.45. The van der Waals surface area contributed by atoms with Crippen LogP contribution in [0.2, 0.25) is 0 Å². The molecule has 2 heterocycles. The zero-order valence-electron chi connectivity index (χ0n) is 15.9. The average molecular weight is 401 g/mol. The minimum absolute atomic E-state index is 0.0539. The highest BCUT2D eigenvalue weighted by atomic mass is 32.1. The molecule has 0 saturated carbocycles. The van der Waals surface area contributed by atoms with Crippen LogP contribution in [-0.4, -0.2) is 41.0 Å². The third-order valence-corrected chi connectivity index (χ3v) is 4.78. The van der Waals surface area contributed by atoms with Crippen molar-refractivity contribution in [2.45, 2.75) is 32.9 Å². The number of carbonyl (C=O) groups excluding carboxylic acids is 2. The van der Waals surface area contributed by atoms with Gasteiger partial charge in [0.2, 0.25) is 5.91 Å². The second-order valence-electron chi connectivity index (χ2n) is 6.26.